The van der Waals surface area contributed by atoms with Crippen molar-refractivity contribution in [1.29, 1.82) is 2.61 Å². The minimum atomic E-state index is -1.28. The molecule has 0 heterocycles. The lowest BCUT2D eigenvalue weighted by atomic mass is 9.98. The van der Waals surface area contributed by atoms with Crippen LogP contribution in [0.25, 0.3) is 0 Å². The summed E-state index contributed by atoms with van der Waals surface area (Å²) in [5, 5.41) is 19.9. The summed E-state index contributed by atoms with van der Waals surface area (Å²) in [6.45, 7) is 4.11. The monoisotopic (exact) mass is 278 g/mol. The molecule has 1 radical (unpaired) electrons. The van der Waals surface area contributed by atoms with Crippen LogP contribution in [0.5, 0.6) is 0 Å². The number of aliphatic hydroxyl groups is 2. The topological polar surface area (TPSA) is 49.7 Å². The zero-order valence-corrected chi connectivity index (χ0v) is 11.6. The lowest BCUT2D eigenvalue weighted by Gasteiger charge is -2.16. The first-order valence-electron chi connectivity index (χ1n) is 6.89. The van der Waals surface area contributed by atoms with Crippen LogP contribution in [0.2, 0.25) is 0 Å². The number of hydrogen-bond acceptors (Lipinski definition) is 4. The van der Waals surface area contributed by atoms with Crippen LogP contribution < -0.4 is 0 Å². The maximum atomic E-state index is 9.97. The summed E-state index contributed by atoms with van der Waals surface area (Å²) in [5.74, 6) is 0.197. The van der Waals surface area contributed by atoms with E-state index in [1.807, 2.05) is 6.08 Å². The summed E-state index contributed by atoms with van der Waals surface area (Å²) in [6.07, 6.45) is 3.72. The molecule has 0 saturated heterocycles. The molecular weight excluding hydrogens is 254 g/mol. The van der Waals surface area contributed by atoms with Crippen molar-refractivity contribution in [3.8, 4) is 0 Å². The fraction of sp³-hybridized carbons (Fsp3) is 0.818. The summed E-state index contributed by atoms with van der Waals surface area (Å²) >= 11 is 1.01. The second-order valence-corrected chi connectivity index (χ2v) is 6.07. The average Bonchev–Trinajstić information content (AvgIpc) is 2.68. The third-order valence-corrected chi connectivity index (χ3v) is 4.26. The highest BCUT2D eigenvalue weighted by atomic mass is 32.7. The zero-order chi connectivity index (χ0) is 14.3. The maximum absolute atomic E-state index is 9.97. The van der Waals surface area contributed by atoms with Crippen LogP contribution in [-0.4, -0.2) is 39.2 Å². The van der Waals surface area contributed by atoms with Crippen molar-refractivity contribution in [1.82, 2.24) is 0 Å². The molecule has 2 N–H and O–H groups in total. The highest BCUT2D eigenvalue weighted by molar-refractivity contribution is 8.53. The molecule has 0 aromatic carbocycles. The maximum Gasteiger partial charge on any atom is 0.137 e. The van der Waals surface area contributed by atoms with Gasteiger partial charge in [-0.25, -0.2) is 0 Å². The van der Waals surface area contributed by atoms with Gasteiger partial charge in [0.2, 0.25) is 0 Å². The second kappa shape index (κ2) is 8.55. The fourth-order valence-electron chi connectivity index (χ4n) is 2.40. The molecule has 1 saturated carbocycles. The van der Waals surface area contributed by atoms with Gasteiger partial charge in [-0.3, -0.25) is 0 Å². The van der Waals surface area contributed by atoms with E-state index in [1.165, 1.54) is 0 Å². The second-order valence-electron chi connectivity index (χ2n) is 4.39. The summed E-state index contributed by atoms with van der Waals surface area (Å²) in [6, 6.07) is 0. The third-order valence-electron chi connectivity index (χ3n) is 3.33. The van der Waals surface area contributed by atoms with E-state index in [9.17, 15) is 10.2 Å². The minimum absolute atomic E-state index is 0.0577. The van der Waals surface area contributed by atoms with Crippen molar-refractivity contribution in [3.05, 3.63) is 12.7 Å². The van der Waals surface area contributed by atoms with Crippen LogP contribution in [0.4, 0.5) is 0 Å². The Hall–Kier alpha value is 0.465. The van der Waals surface area contributed by atoms with Crippen LogP contribution >= 0.6 is 19.3 Å². The van der Waals surface area contributed by atoms with Crippen LogP contribution in [0.3, 0.4) is 0 Å². The highest BCUT2D eigenvalue weighted by Crippen LogP contribution is 2.37. The first-order valence-corrected chi connectivity index (χ1v) is 8.17. The minimum Gasteiger partial charge on any atom is -0.390 e. The predicted octanol–water partition coefficient (Wildman–Crippen LogP) is 1.77. The first-order chi connectivity index (χ1) is 9.10. The molecule has 1 rings (SSSR count). The largest absolute Gasteiger partial charge is 0.390 e. The van der Waals surface area contributed by atoms with Gasteiger partial charge in [-0.15, -0.1) is 6.58 Å². The number of hydrogen-bond donors (Lipinski definition) is 2. The molecule has 6 heteroatoms. The molecule has 3 nitrogen and oxygen atoms in total. The molecule has 0 aliphatic heterocycles. The zero-order valence-electron chi connectivity index (χ0n) is 11.9. The highest BCUT2D eigenvalue weighted by Gasteiger charge is 2.40. The van der Waals surface area contributed by atoms with E-state index >= 15 is 0 Å². The molecule has 1 aliphatic carbocycles. The number of rotatable bonds is 9. The van der Waals surface area contributed by atoms with Gasteiger partial charge < -0.3 is 14.4 Å². The van der Waals surface area contributed by atoms with Gasteiger partial charge in [0.25, 0.3) is 0 Å². The Morgan fingerprint density at radius 1 is 1.59 bits per heavy atom. The van der Waals surface area contributed by atoms with E-state index in [1.54, 1.807) is 0 Å². The van der Waals surface area contributed by atoms with Gasteiger partial charge in [-0.2, -0.15) is 0 Å². The van der Waals surface area contributed by atoms with Crippen LogP contribution in [-0.2, 0) is 4.18 Å². The quantitative estimate of drug-likeness (QED) is 0.222. The lowest BCUT2D eigenvalue weighted by molar-refractivity contribution is 0.000117. The van der Waals surface area contributed by atoms with Crippen molar-refractivity contribution >= 4 is 26.8 Å². The van der Waals surface area contributed by atoms with Gasteiger partial charge in [0.05, 0.1) is 20.1 Å². The van der Waals surface area contributed by atoms with E-state index in [2.05, 4.69) is 6.58 Å². The van der Waals surface area contributed by atoms with E-state index < -0.39 is 19.8 Å². The van der Waals surface area contributed by atoms with Crippen molar-refractivity contribution in [2.24, 2.45) is 11.8 Å². The lowest BCUT2D eigenvalue weighted by Crippen LogP contribution is -2.28. The Balaban J connectivity index is 2.25. The first kappa shape index (κ1) is 12.5. The molecule has 0 bridgehead atoms. The summed E-state index contributed by atoms with van der Waals surface area (Å²) in [5.41, 5.74) is 0. The van der Waals surface area contributed by atoms with Crippen molar-refractivity contribution < 1.29 is 14.4 Å². The Kier molecular flexibility index (Phi) is 6.28. The Labute approximate surface area is 113 Å². The Bertz CT molecular complexity index is 278. The van der Waals surface area contributed by atoms with Crippen LogP contribution in [0, 0.1) is 11.8 Å². The number of aliphatic hydroxyl groups excluding tert-OH is 2. The van der Waals surface area contributed by atoms with Crippen molar-refractivity contribution in [3.63, 3.8) is 0 Å². The SMILES string of the molecule is [2H]P([B][3H])SOCC[C@H]1C[C@H](CCC=C)[C@H](O)[C@@H]1O. The van der Waals surface area contributed by atoms with E-state index in [0.717, 1.165) is 38.5 Å². The van der Waals surface area contributed by atoms with Crippen molar-refractivity contribution in [2.75, 3.05) is 6.61 Å². The molecule has 0 amide bonds. The molecule has 5 atom stereocenters. The smallest absolute Gasteiger partial charge is 0.137 e. The molecule has 0 spiro atoms. The fourth-order valence-corrected chi connectivity index (χ4v) is 3.04. The Morgan fingerprint density at radius 3 is 2.94 bits per heavy atom. The van der Waals surface area contributed by atoms with Crippen LogP contribution in [0.15, 0.2) is 12.7 Å². The third kappa shape index (κ3) is 4.92. The standard InChI is InChI=1S/C11H21BO3PS/c1-2-3-4-8-7-9(11(14)10(8)13)5-6-15-17-16-12/h2,8-14,16H,1,3-7H2/t8-,9-,10-,11+,16?/m0/s1/i12T,16D. The molecule has 0 aromatic heterocycles. The summed E-state index contributed by atoms with van der Waals surface area (Å²) in [7, 11) is -0.207. The van der Waals surface area contributed by atoms with Gasteiger partial charge in [0, 0.05) is 11.7 Å². The van der Waals surface area contributed by atoms with E-state index in [0.29, 0.717) is 13.0 Å². The van der Waals surface area contributed by atoms with Gasteiger partial charge in [0.1, 0.15) is 7.53 Å². The molecular formula is C11H21BO3PS. The number of allylic oxidation sites excluding steroid dienone is 1. The van der Waals surface area contributed by atoms with Gasteiger partial charge in [0.15, 0.2) is 0 Å². The molecule has 1 aliphatic rings. The van der Waals surface area contributed by atoms with E-state index in [4.69, 9.17) is 6.80 Å². The van der Waals surface area contributed by atoms with Gasteiger partial charge in [-0.05, 0) is 38.9 Å². The molecule has 97 valence electrons. The van der Waals surface area contributed by atoms with Gasteiger partial charge >= 0.3 is 0 Å². The molecule has 1 unspecified atom stereocenters. The predicted molar refractivity (Wildman–Crippen MR) is 76.7 cm³/mol. The molecule has 1 fully saturated rings. The van der Waals surface area contributed by atoms with Crippen LogP contribution in [0.1, 0.15) is 25.7 Å². The summed E-state index contributed by atoms with van der Waals surface area (Å²) in [4.78, 5) is 0. The van der Waals surface area contributed by atoms with E-state index in [-0.39, 0.29) is 11.8 Å². The molecule has 17 heavy (non-hydrogen) atoms. The van der Waals surface area contributed by atoms with Gasteiger partial charge in [-0.1, -0.05) is 13.7 Å². The Morgan fingerprint density at radius 2 is 2.29 bits per heavy atom. The van der Waals surface area contributed by atoms with Crippen molar-refractivity contribution in [2.45, 2.75) is 37.9 Å². The normalized spacial score (nSPS) is 36.1. The average molecular weight is 278 g/mol. The molecule has 0 aromatic rings. The summed E-state index contributed by atoms with van der Waals surface area (Å²) < 4.78 is 19.5.